The topological polar surface area (TPSA) is 69.2 Å². The minimum absolute atomic E-state index is 0.00725. The first kappa shape index (κ1) is 15.4. The lowest BCUT2D eigenvalue weighted by atomic mass is 9.89. The molecule has 1 amide bonds. The van der Waals surface area contributed by atoms with E-state index in [0.717, 1.165) is 42.8 Å². The van der Waals surface area contributed by atoms with Gasteiger partial charge in [-0.1, -0.05) is 30.3 Å². The third-order valence-electron chi connectivity index (χ3n) is 5.44. The number of aliphatic hydroxyl groups is 1. The standard InChI is InChI=1S/C19H23N3O2/c1-13-16(21-17(20-13)14-5-3-2-4-6-14)18(23)22-11-7-15(8-12-22)19(24)9-10-19/h2-6,15,24H,7-12H2,1H3,(H,20,21). The number of nitrogens with one attached hydrogen (secondary N) is 1. The summed E-state index contributed by atoms with van der Waals surface area (Å²) in [6, 6.07) is 9.84. The summed E-state index contributed by atoms with van der Waals surface area (Å²) in [4.78, 5) is 22.5. The molecular formula is C19H23N3O2. The van der Waals surface area contributed by atoms with Crippen molar-refractivity contribution in [2.24, 2.45) is 5.92 Å². The minimum Gasteiger partial charge on any atom is -0.390 e. The Kier molecular flexibility index (Phi) is 3.68. The van der Waals surface area contributed by atoms with E-state index >= 15 is 0 Å². The molecule has 5 nitrogen and oxygen atoms in total. The highest BCUT2D eigenvalue weighted by Crippen LogP contribution is 2.46. The summed E-state index contributed by atoms with van der Waals surface area (Å²) < 4.78 is 0. The van der Waals surface area contributed by atoms with Gasteiger partial charge in [0, 0.05) is 24.3 Å². The quantitative estimate of drug-likeness (QED) is 0.912. The summed E-state index contributed by atoms with van der Waals surface area (Å²) >= 11 is 0. The van der Waals surface area contributed by atoms with Gasteiger partial charge in [-0.25, -0.2) is 4.98 Å². The highest BCUT2D eigenvalue weighted by atomic mass is 16.3. The molecule has 1 saturated heterocycles. The molecule has 126 valence electrons. The second-order valence-corrected chi connectivity index (χ2v) is 7.10. The number of piperidine rings is 1. The molecule has 0 spiro atoms. The lowest BCUT2D eigenvalue weighted by molar-refractivity contribution is 0.0338. The fourth-order valence-electron chi connectivity index (χ4n) is 3.71. The van der Waals surface area contributed by atoms with E-state index in [1.54, 1.807) is 0 Å². The van der Waals surface area contributed by atoms with E-state index in [0.29, 0.717) is 24.7 Å². The van der Waals surface area contributed by atoms with Crippen LogP contribution >= 0.6 is 0 Å². The molecule has 0 atom stereocenters. The Morgan fingerprint density at radius 1 is 1.25 bits per heavy atom. The van der Waals surface area contributed by atoms with Gasteiger partial charge >= 0.3 is 0 Å². The third kappa shape index (κ3) is 2.73. The number of imidazole rings is 1. The number of aromatic nitrogens is 2. The van der Waals surface area contributed by atoms with Crippen molar-refractivity contribution in [2.75, 3.05) is 13.1 Å². The summed E-state index contributed by atoms with van der Waals surface area (Å²) in [7, 11) is 0. The van der Waals surface area contributed by atoms with E-state index in [9.17, 15) is 9.90 Å². The molecule has 2 fully saturated rings. The van der Waals surface area contributed by atoms with Crippen LogP contribution < -0.4 is 0 Å². The van der Waals surface area contributed by atoms with Crippen LogP contribution in [-0.2, 0) is 0 Å². The molecule has 2 aromatic rings. The molecule has 1 aliphatic carbocycles. The fourth-order valence-corrected chi connectivity index (χ4v) is 3.71. The van der Waals surface area contributed by atoms with Crippen LogP contribution in [0.4, 0.5) is 0 Å². The lowest BCUT2D eigenvalue weighted by Gasteiger charge is -2.34. The number of amides is 1. The van der Waals surface area contributed by atoms with E-state index in [-0.39, 0.29) is 5.91 Å². The Bertz CT molecular complexity index is 741. The Labute approximate surface area is 141 Å². The number of hydrogen-bond donors (Lipinski definition) is 2. The molecule has 4 rings (SSSR count). The third-order valence-corrected chi connectivity index (χ3v) is 5.44. The highest BCUT2D eigenvalue weighted by molar-refractivity contribution is 5.94. The normalized spacial score (nSPS) is 20.2. The average molecular weight is 325 g/mol. The van der Waals surface area contributed by atoms with Gasteiger partial charge < -0.3 is 15.0 Å². The molecule has 2 heterocycles. The number of aryl methyl sites for hydroxylation is 1. The van der Waals surface area contributed by atoms with Crippen molar-refractivity contribution >= 4 is 5.91 Å². The fraction of sp³-hybridized carbons (Fsp3) is 0.474. The largest absolute Gasteiger partial charge is 0.390 e. The predicted octanol–water partition coefficient (Wildman–Crippen LogP) is 2.76. The number of aromatic amines is 1. The van der Waals surface area contributed by atoms with E-state index < -0.39 is 5.60 Å². The first-order valence-corrected chi connectivity index (χ1v) is 8.70. The predicted molar refractivity (Wildman–Crippen MR) is 91.6 cm³/mol. The van der Waals surface area contributed by atoms with Crippen LogP contribution in [0.1, 0.15) is 41.9 Å². The van der Waals surface area contributed by atoms with Crippen LogP contribution in [0.25, 0.3) is 11.4 Å². The number of H-pyrrole nitrogens is 1. The number of carbonyl (C=O) groups is 1. The summed E-state index contributed by atoms with van der Waals surface area (Å²) in [6.45, 7) is 3.31. The van der Waals surface area contributed by atoms with Gasteiger partial charge in [0.05, 0.1) is 5.60 Å². The highest BCUT2D eigenvalue weighted by Gasteiger charge is 2.48. The maximum atomic E-state index is 12.8. The zero-order valence-electron chi connectivity index (χ0n) is 14.0. The number of rotatable bonds is 3. The molecule has 1 saturated carbocycles. The van der Waals surface area contributed by atoms with Gasteiger partial charge in [0.2, 0.25) is 0 Å². The van der Waals surface area contributed by atoms with Crippen molar-refractivity contribution < 1.29 is 9.90 Å². The van der Waals surface area contributed by atoms with Crippen molar-refractivity contribution in [3.05, 3.63) is 41.7 Å². The molecular weight excluding hydrogens is 302 g/mol. The molecule has 2 aliphatic rings. The van der Waals surface area contributed by atoms with Crippen LogP contribution in [0.15, 0.2) is 30.3 Å². The number of nitrogens with zero attached hydrogens (tertiary/aromatic N) is 2. The zero-order valence-corrected chi connectivity index (χ0v) is 14.0. The van der Waals surface area contributed by atoms with Crippen molar-refractivity contribution in [3.8, 4) is 11.4 Å². The number of benzene rings is 1. The summed E-state index contributed by atoms with van der Waals surface area (Å²) in [6.07, 6.45) is 3.61. The molecule has 1 aromatic carbocycles. The Balaban J connectivity index is 1.48. The smallest absolute Gasteiger partial charge is 0.274 e. The van der Waals surface area contributed by atoms with Gasteiger partial charge in [0.1, 0.15) is 11.5 Å². The molecule has 24 heavy (non-hydrogen) atoms. The van der Waals surface area contributed by atoms with Crippen molar-refractivity contribution in [2.45, 2.75) is 38.2 Å². The van der Waals surface area contributed by atoms with Gasteiger partial charge in [-0.15, -0.1) is 0 Å². The Morgan fingerprint density at radius 3 is 2.54 bits per heavy atom. The zero-order chi connectivity index (χ0) is 16.7. The van der Waals surface area contributed by atoms with Gasteiger partial charge in [-0.2, -0.15) is 0 Å². The van der Waals surface area contributed by atoms with Crippen LogP contribution in [0.5, 0.6) is 0 Å². The number of carbonyl (C=O) groups excluding carboxylic acids is 1. The summed E-state index contributed by atoms with van der Waals surface area (Å²) in [5.41, 5.74) is 1.87. The molecule has 2 N–H and O–H groups in total. The van der Waals surface area contributed by atoms with Crippen LogP contribution in [0.2, 0.25) is 0 Å². The number of likely N-dealkylation sites (tertiary alicyclic amines) is 1. The average Bonchev–Trinajstić information content (AvgIpc) is 3.25. The first-order valence-electron chi connectivity index (χ1n) is 8.70. The molecule has 1 aliphatic heterocycles. The Hall–Kier alpha value is -2.14. The lowest BCUT2D eigenvalue weighted by Crippen LogP contribution is -2.42. The maximum absolute atomic E-state index is 12.8. The van der Waals surface area contributed by atoms with E-state index in [2.05, 4.69) is 9.97 Å². The van der Waals surface area contributed by atoms with Crippen LogP contribution in [0, 0.1) is 12.8 Å². The maximum Gasteiger partial charge on any atom is 0.274 e. The summed E-state index contributed by atoms with van der Waals surface area (Å²) in [5.74, 6) is 1.08. The van der Waals surface area contributed by atoms with E-state index in [1.165, 1.54) is 0 Å². The minimum atomic E-state index is -0.433. The van der Waals surface area contributed by atoms with Gasteiger partial charge in [-0.05, 0) is 38.5 Å². The monoisotopic (exact) mass is 325 g/mol. The van der Waals surface area contributed by atoms with E-state index in [4.69, 9.17) is 0 Å². The van der Waals surface area contributed by atoms with Gasteiger partial charge in [0.15, 0.2) is 0 Å². The summed E-state index contributed by atoms with van der Waals surface area (Å²) in [5, 5.41) is 10.2. The van der Waals surface area contributed by atoms with Gasteiger partial charge in [-0.3, -0.25) is 4.79 Å². The second kappa shape index (κ2) is 5.74. The SMILES string of the molecule is Cc1[nH]c(-c2ccccc2)nc1C(=O)N1CCC(C2(O)CC2)CC1. The molecule has 0 unspecified atom stereocenters. The van der Waals surface area contributed by atoms with Crippen LogP contribution in [-0.4, -0.2) is 44.6 Å². The van der Waals surface area contributed by atoms with Crippen molar-refractivity contribution in [1.82, 2.24) is 14.9 Å². The van der Waals surface area contributed by atoms with Gasteiger partial charge in [0.25, 0.3) is 5.91 Å². The molecule has 1 aromatic heterocycles. The van der Waals surface area contributed by atoms with Crippen LogP contribution in [0.3, 0.4) is 0 Å². The number of hydrogen-bond acceptors (Lipinski definition) is 3. The van der Waals surface area contributed by atoms with Crippen molar-refractivity contribution in [1.29, 1.82) is 0 Å². The Morgan fingerprint density at radius 2 is 1.92 bits per heavy atom. The van der Waals surface area contributed by atoms with Crippen molar-refractivity contribution in [3.63, 3.8) is 0 Å². The molecule has 5 heteroatoms. The molecule has 0 radical (unpaired) electrons. The second-order valence-electron chi connectivity index (χ2n) is 7.10. The van der Waals surface area contributed by atoms with E-state index in [1.807, 2.05) is 42.2 Å². The molecule has 0 bridgehead atoms. The first-order chi connectivity index (χ1) is 11.6.